The molecule has 0 saturated carbocycles. The molecule has 0 radical (unpaired) electrons. The van der Waals surface area contributed by atoms with Gasteiger partial charge < -0.3 is 10.8 Å². The van der Waals surface area contributed by atoms with Gasteiger partial charge in [0.15, 0.2) is 17.4 Å². The first kappa shape index (κ1) is 13.2. The summed E-state index contributed by atoms with van der Waals surface area (Å²) in [5.41, 5.74) is 5.39. The van der Waals surface area contributed by atoms with Crippen LogP contribution in [0.15, 0.2) is 18.2 Å². The summed E-state index contributed by atoms with van der Waals surface area (Å²) in [5, 5.41) is 8.42. The Morgan fingerprint density at radius 1 is 1.29 bits per heavy atom. The number of carbonyl (C=O) groups excluding carboxylic acids is 1. The Kier molecular flexibility index (Phi) is 4.28. The van der Waals surface area contributed by atoms with E-state index >= 15 is 0 Å². The smallest absolute Gasteiger partial charge is 0.303 e. The number of nitrogens with two attached hydrogens (primary N) is 1. The minimum atomic E-state index is -1.14. The van der Waals surface area contributed by atoms with Crippen LogP contribution in [0.2, 0.25) is 0 Å². The summed E-state index contributed by atoms with van der Waals surface area (Å²) in [6.45, 7) is 0. The molecule has 0 aromatic heterocycles. The molecule has 0 saturated heterocycles. The van der Waals surface area contributed by atoms with Crippen molar-refractivity contribution in [2.24, 2.45) is 5.73 Å². The summed E-state index contributed by atoms with van der Waals surface area (Å²) < 4.78 is 25.5. The average Bonchev–Trinajstić information content (AvgIpc) is 2.28. The molecule has 1 aromatic rings. The number of rotatable bonds is 5. The molecule has 92 valence electrons. The van der Waals surface area contributed by atoms with Gasteiger partial charge in [-0.2, -0.15) is 0 Å². The molecule has 0 aliphatic carbocycles. The monoisotopic (exact) mass is 243 g/mol. The van der Waals surface area contributed by atoms with Crippen LogP contribution in [0.25, 0.3) is 0 Å². The Bertz CT molecular complexity index is 448. The van der Waals surface area contributed by atoms with Crippen LogP contribution in [0.1, 0.15) is 23.2 Å². The first-order chi connectivity index (χ1) is 7.91. The minimum absolute atomic E-state index is 0.0485. The lowest BCUT2D eigenvalue weighted by atomic mass is 10.0. The Labute approximate surface area is 96.0 Å². The molecular weight excluding hydrogens is 232 g/mol. The molecule has 0 heterocycles. The number of benzene rings is 1. The molecular formula is C11H11F2NO3. The van der Waals surface area contributed by atoms with Crippen molar-refractivity contribution >= 4 is 11.8 Å². The third-order valence-corrected chi connectivity index (χ3v) is 2.21. The number of hydrogen-bond donors (Lipinski definition) is 2. The summed E-state index contributed by atoms with van der Waals surface area (Å²) in [6, 6.07) is 1.66. The number of halogens is 2. The lowest BCUT2D eigenvalue weighted by molar-refractivity contribution is -0.137. The Hall–Kier alpha value is -1.82. The van der Waals surface area contributed by atoms with Gasteiger partial charge in [0.1, 0.15) is 0 Å². The Morgan fingerprint density at radius 3 is 2.47 bits per heavy atom. The van der Waals surface area contributed by atoms with Crippen molar-refractivity contribution in [1.82, 2.24) is 0 Å². The van der Waals surface area contributed by atoms with Gasteiger partial charge in [-0.3, -0.25) is 9.59 Å². The van der Waals surface area contributed by atoms with E-state index in [2.05, 4.69) is 0 Å². The fourth-order valence-electron chi connectivity index (χ4n) is 1.27. The second-order valence-electron chi connectivity index (χ2n) is 3.53. The van der Waals surface area contributed by atoms with Gasteiger partial charge in [-0.05, 0) is 24.6 Å². The first-order valence-corrected chi connectivity index (χ1v) is 4.88. The molecule has 1 atom stereocenters. The number of aliphatic carboxylic acids is 1. The van der Waals surface area contributed by atoms with Gasteiger partial charge in [-0.25, -0.2) is 8.78 Å². The molecule has 6 heteroatoms. The van der Waals surface area contributed by atoms with Gasteiger partial charge >= 0.3 is 5.97 Å². The van der Waals surface area contributed by atoms with E-state index in [-0.39, 0.29) is 18.4 Å². The van der Waals surface area contributed by atoms with E-state index in [1.807, 2.05) is 0 Å². The zero-order valence-electron chi connectivity index (χ0n) is 8.82. The maximum absolute atomic E-state index is 12.9. The minimum Gasteiger partial charge on any atom is -0.481 e. The summed E-state index contributed by atoms with van der Waals surface area (Å²) in [6.07, 6.45) is -0.302. The van der Waals surface area contributed by atoms with Gasteiger partial charge in [0.25, 0.3) is 0 Å². The third-order valence-electron chi connectivity index (χ3n) is 2.21. The molecule has 4 nitrogen and oxygen atoms in total. The fraction of sp³-hybridized carbons (Fsp3) is 0.273. The Balaban J connectivity index is 2.74. The van der Waals surface area contributed by atoms with Crippen LogP contribution < -0.4 is 5.73 Å². The molecule has 0 aliphatic rings. The fourth-order valence-corrected chi connectivity index (χ4v) is 1.27. The molecule has 0 aliphatic heterocycles. The van der Waals surface area contributed by atoms with Crippen LogP contribution >= 0.6 is 0 Å². The van der Waals surface area contributed by atoms with Gasteiger partial charge in [-0.1, -0.05) is 0 Å². The van der Waals surface area contributed by atoms with Crippen LogP contribution in [0.5, 0.6) is 0 Å². The molecule has 1 unspecified atom stereocenters. The van der Waals surface area contributed by atoms with E-state index < -0.39 is 29.4 Å². The predicted molar refractivity (Wildman–Crippen MR) is 55.5 cm³/mol. The average molecular weight is 243 g/mol. The highest BCUT2D eigenvalue weighted by molar-refractivity contribution is 6.00. The molecule has 17 heavy (non-hydrogen) atoms. The predicted octanol–water partition coefficient (Wildman–Crippen LogP) is 1.34. The number of carboxylic acids is 1. The maximum atomic E-state index is 12.9. The zero-order valence-corrected chi connectivity index (χ0v) is 8.82. The van der Waals surface area contributed by atoms with Gasteiger partial charge in [0, 0.05) is 12.0 Å². The third kappa shape index (κ3) is 3.60. The first-order valence-electron chi connectivity index (χ1n) is 4.88. The number of hydrogen-bond acceptors (Lipinski definition) is 3. The summed E-state index contributed by atoms with van der Waals surface area (Å²) in [5.74, 6) is -3.87. The van der Waals surface area contributed by atoms with E-state index in [1.165, 1.54) is 0 Å². The molecule has 0 amide bonds. The van der Waals surface area contributed by atoms with Crippen molar-refractivity contribution in [2.45, 2.75) is 18.9 Å². The second kappa shape index (κ2) is 5.49. The molecule has 0 fully saturated rings. The molecule has 1 aromatic carbocycles. The van der Waals surface area contributed by atoms with Crippen molar-refractivity contribution in [3.8, 4) is 0 Å². The van der Waals surface area contributed by atoms with Crippen LogP contribution in [-0.2, 0) is 4.79 Å². The number of carbonyl (C=O) groups is 2. The normalized spacial score (nSPS) is 12.2. The van der Waals surface area contributed by atoms with Crippen LogP contribution in [0.3, 0.4) is 0 Å². The zero-order chi connectivity index (χ0) is 13.0. The number of ketones is 1. The van der Waals surface area contributed by atoms with Gasteiger partial charge in [0.05, 0.1) is 6.04 Å². The molecule has 3 N–H and O–H groups in total. The Morgan fingerprint density at radius 2 is 1.94 bits per heavy atom. The highest BCUT2D eigenvalue weighted by atomic mass is 19.2. The number of Topliss-reactive ketones (excluding diaryl/α,β-unsaturated/α-hetero) is 1. The second-order valence-corrected chi connectivity index (χ2v) is 3.53. The summed E-state index contributed by atoms with van der Waals surface area (Å²) in [4.78, 5) is 21.9. The summed E-state index contributed by atoms with van der Waals surface area (Å²) in [7, 11) is 0. The van der Waals surface area contributed by atoms with E-state index in [0.29, 0.717) is 0 Å². The SMILES string of the molecule is NC(CCC(=O)O)C(=O)c1ccc(F)c(F)c1. The van der Waals surface area contributed by atoms with Crippen molar-refractivity contribution in [3.05, 3.63) is 35.4 Å². The van der Waals surface area contributed by atoms with Crippen molar-refractivity contribution in [3.63, 3.8) is 0 Å². The standard InChI is InChI=1S/C11H11F2NO3/c12-7-2-1-6(5-8(7)13)11(17)9(14)3-4-10(15)16/h1-2,5,9H,3-4,14H2,(H,15,16). The van der Waals surface area contributed by atoms with E-state index in [1.54, 1.807) is 0 Å². The van der Waals surface area contributed by atoms with E-state index in [0.717, 1.165) is 18.2 Å². The van der Waals surface area contributed by atoms with Crippen LogP contribution in [0.4, 0.5) is 8.78 Å². The van der Waals surface area contributed by atoms with Gasteiger partial charge in [0.2, 0.25) is 0 Å². The topological polar surface area (TPSA) is 80.4 Å². The quantitative estimate of drug-likeness (QED) is 0.765. The van der Waals surface area contributed by atoms with Gasteiger partial charge in [-0.15, -0.1) is 0 Å². The van der Waals surface area contributed by atoms with E-state index in [4.69, 9.17) is 10.8 Å². The largest absolute Gasteiger partial charge is 0.481 e. The molecule has 0 spiro atoms. The highest BCUT2D eigenvalue weighted by Gasteiger charge is 2.18. The van der Waals surface area contributed by atoms with Crippen molar-refractivity contribution < 1.29 is 23.5 Å². The van der Waals surface area contributed by atoms with Crippen LogP contribution in [0, 0.1) is 11.6 Å². The highest BCUT2D eigenvalue weighted by Crippen LogP contribution is 2.11. The lowest BCUT2D eigenvalue weighted by Crippen LogP contribution is -2.31. The molecule has 1 rings (SSSR count). The van der Waals surface area contributed by atoms with Crippen molar-refractivity contribution in [1.29, 1.82) is 0 Å². The summed E-state index contributed by atoms with van der Waals surface area (Å²) >= 11 is 0. The maximum Gasteiger partial charge on any atom is 0.303 e. The number of carboxylic acid groups (broad SMARTS) is 1. The van der Waals surface area contributed by atoms with Crippen molar-refractivity contribution in [2.75, 3.05) is 0 Å². The lowest BCUT2D eigenvalue weighted by Gasteiger charge is -2.09. The van der Waals surface area contributed by atoms with E-state index in [9.17, 15) is 18.4 Å². The molecule has 0 bridgehead atoms. The van der Waals surface area contributed by atoms with Crippen LogP contribution in [-0.4, -0.2) is 22.9 Å².